The number of rotatable bonds is 6. The highest BCUT2D eigenvalue weighted by atomic mass is 32.2. The standard InChI is InChI=1S/C12H13N3O2S/c1-2-11(9-6-10-14-15-13)18(16,17)12-7-4-3-5-8-12/h3-5,7-8H,1,6,9-10H2. The summed E-state index contributed by atoms with van der Waals surface area (Å²) in [5.74, 6) is 0. The highest BCUT2D eigenvalue weighted by Crippen LogP contribution is 2.21. The molecule has 0 unspecified atom stereocenters. The van der Waals surface area contributed by atoms with Crippen molar-refractivity contribution in [3.05, 3.63) is 58.0 Å². The van der Waals surface area contributed by atoms with Crippen molar-refractivity contribution in [1.82, 2.24) is 0 Å². The Hall–Kier alpha value is -2.00. The Morgan fingerprint density at radius 2 is 2.06 bits per heavy atom. The van der Waals surface area contributed by atoms with Crippen LogP contribution in [0, 0.1) is 0 Å². The van der Waals surface area contributed by atoms with E-state index < -0.39 is 9.84 Å². The van der Waals surface area contributed by atoms with Crippen molar-refractivity contribution in [2.24, 2.45) is 5.11 Å². The van der Waals surface area contributed by atoms with Gasteiger partial charge in [0.2, 0.25) is 9.84 Å². The molecule has 0 saturated carbocycles. The van der Waals surface area contributed by atoms with Crippen LogP contribution in [0.3, 0.4) is 0 Å². The summed E-state index contributed by atoms with van der Waals surface area (Å²) in [6.07, 6.45) is 0.716. The highest BCUT2D eigenvalue weighted by molar-refractivity contribution is 7.95. The van der Waals surface area contributed by atoms with Gasteiger partial charge in [0.25, 0.3) is 0 Å². The molecule has 0 bridgehead atoms. The Kier molecular flexibility index (Phi) is 5.21. The van der Waals surface area contributed by atoms with E-state index >= 15 is 0 Å². The van der Waals surface area contributed by atoms with Crippen LogP contribution in [-0.2, 0) is 9.84 Å². The molecule has 0 fully saturated rings. The van der Waals surface area contributed by atoms with E-state index in [1.807, 2.05) is 0 Å². The number of azide groups is 1. The second-order valence-corrected chi connectivity index (χ2v) is 5.45. The van der Waals surface area contributed by atoms with Gasteiger partial charge in [-0.3, -0.25) is 0 Å². The van der Waals surface area contributed by atoms with Crippen molar-refractivity contribution in [2.75, 3.05) is 6.54 Å². The van der Waals surface area contributed by atoms with Crippen LogP contribution in [0.4, 0.5) is 0 Å². The van der Waals surface area contributed by atoms with Crippen LogP contribution >= 0.6 is 0 Å². The van der Waals surface area contributed by atoms with Gasteiger partial charge in [-0.25, -0.2) is 8.42 Å². The van der Waals surface area contributed by atoms with Crippen LogP contribution in [0.25, 0.3) is 10.4 Å². The molecule has 0 amide bonds. The second-order valence-electron chi connectivity index (χ2n) is 3.47. The molecule has 1 rings (SSSR count). The Labute approximate surface area is 106 Å². The number of allylic oxidation sites excluding steroid dienone is 1. The molecule has 0 N–H and O–H groups in total. The highest BCUT2D eigenvalue weighted by Gasteiger charge is 2.19. The topological polar surface area (TPSA) is 82.9 Å². The fourth-order valence-electron chi connectivity index (χ4n) is 1.41. The summed E-state index contributed by atoms with van der Waals surface area (Å²) in [6.45, 7) is 3.66. The molecule has 0 aliphatic rings. The van der Waals surface area contributed by atoms with Crippen LogP contribution in [-0.4, -0.2) is 15.0 Å². The van der Waals surface area contributed by atoms with Crippen molar-refractivity contribution >= 4 is 9.84 Å². The Balaban J connectivity index is 2.89. The summed E-state index contributed by atoms with van der Waals surface area (Å²) in [5, 5.41) is 3.36. The monoisotopic (exact) mass is 263 g/mol. The fraction of sp³-hybridized carbons (Fsp3) is 0.250. The first-order chi connectivity index (χ1) is 8.62. The van der Waals surface area contributed by atoms with Crippen molar-refractivity contribution in [3.8, 4) is 0 Å². The van der Waals surface area contributed by atoms with E-state index in [4.69, 9.17) is 5.53 Å². The zero-order valence-electron chi connectivity index (χ0n) is 9.78. The van der Waals surface area contributed by atoms with Crippen LogP contribution < -0.4 is 0 Å². The molecule has 0 radical (unpaired) electrons. The second kappa shape index (κ2) is 6.67. The number of hydrogen-bond donors (Lipinski definition) is 0. The molecule has 18 heavy (non-hydrogen) atoms. The van der Waals surface area contributed by atoms with Crippen molar-refractivity contribution < 1.29 is 8.42 Å². The minimum atomic E-state index is -3.53. The van der Waals surface area contributed by atoms with Crippen molar-refractivity contribution in [3.63, 3.8) is 0 Å². The Morgan fingerprint density at radius 1 is 1.39 bits per heavy atom. The fourth-order valence-corrected chi connectivity index (χ4v) is 2.82. The quantitative estimate of drug-likeness (QED) is 0.259. The third-order valence-electron chi connectivity index (χ3n) is 2.30. The molecular formula is C12H13N3O2S. The van der Waals surface area contributed by atoms with E-state index in [0.717, 1.165) is 0 Å². The molecule has 0 saturated heterocycles. The van der Waals surface area contributed by atoms with E-state index in [9.17, 15) is 8.42 Å². The molecule has 94 valence electrons. The van der Waals surface area contributed by atoms with Crippen LogP contribution in [0.15, 0.2) is 57.6 Å². The van der Waals surface area contributed by atoms with Crippen LogP contribution in [0.2, 0.25) is 0 Å². The number of sulfone groups is 1. The summed E-state index contributed by atoms with van der Waals surface area (Å²) < 4.78 is 24.4. The van der Waals surface area contributed by atoms with Gasteiger partial charge in [-0.1, -0.05) is 29.9 Å². The summed E-state index contributed by atoms with van der Waals surface area (Å²) in [4.78, 5) is 2.96. The molecule has 0 atom stereocenters. The van der Waals surface area contributed by atoms with Gasteiger partial charge in [0.05, 0.1) is 9.80 Å². The van der Waals surface area contributed by atoms with Gasteiger partial charge in [0.15, 0.2) is 0 Å². The van der Waals surface area contributed by atoms with Gasteiger partial charge in [0.1, 0.15) is 0 Å². The molecule has 0 aliphatic carbocycles. The third kappa shape index (κ3) is 3.50. The van der Waals surface area contributed by atoms with E-state index in [1.54, 1.807) is 18.2 Å². The lowest BCUT2D eigenvalue weighted by Crippen LogP contribution is -2.04. The zero-order valence-corrected chi connectivity index (χ0v) is 10.6. The SMILES string of the molecule is C=C=C(CCCN=[N+]=[N-])S(=O)(=O)c1ccccc1. The summed E-state index contributed by atoms with van der Waals surface area (Å²) >= 11 is 0. The Morgan fingerprint density at radius 3 is 2.61 bits per heavy atom. The van der Waals surface area contributed by atoms with E-state index in [1.165, 1.54) is 12.1 Å². The first-order valence-electron chi connectivity index (χ1n) is 5.33. The van der Waals surface area contributed by atoms with E-state index in [0.29, 0.717) is 6.42 Å². The molecule has 1 aromatic rings. The minimum absolute atomic E-state index is 0.127. The maximum Gasteiger partial charge on any atom is 0.209 e. The predicted octanol–water partition coefficient (Wildman–Crippen LogP) is 3.22. The molecule has 0 aromatic heterocycles. The zero-order chi connectivity index (χ0) is 13.4. The average molecular weight is 263 g/mol. The van der Waals surface area contributed by atoms with Gasteiger partial charge < -0.3 is 0 Å². The van der Waals surface area contributed by atoms with Gasteiger partial charge in [-0.2, -0.15) is 0 Å². The smallest absolute Gasteiger partial charge is 0.209 e. The van der Waals surface area contributed by atoms with Crippen LogP contribution in [0.5, 0.6) is 0 Å². The predicted molar refractivity (Wildman–Crippen MR) is 69.5 cm³/mol. The molecule has 5 nitrogen and oxygen atoms in total. The maximum absolute atomic E-state index is 12.2. The first kappa shape index (κ1) is 14.1. The average Bonchev–Trinajstić information content (AvgIpc) is 2.39. The summed E-state index contributed by atoms with van der Waals surface area (Å²) in [6, 6.07) is 8.12. The van der Waals surface area contributed by atoms with Gasteiger partial charge in [0, 0.05) is 11.5 Å². The molecule has 6 heteroatoms. The number of nitrogens with zero attached hydrogens (tertiary/aromatic N) is 3. The Bertz CT molecular complexity index is 595. The van der Waals surface area contributed by atoms with E-state index in [2.05, 4.69) is 22.3 Å². The van der Waals surface area contributed by atoms with E-state index in [-0.39, 0.29) is 22.8 Å². The minimum Gasteiger partial charge on any atom is -0.218 e. The number of benzene rings is 1. The van der Waals surface area contributed by atoms with Crippen molar-refractivity contribution in [2.45, 2.75) is 17.7 Å². The van der Waals surface area contributed by atoms with Gasteiger partial charge >= 0.3 is 0 Å². The lowest BCUT2D eigenvalue weighted by molar-refractivity contribution is 0.599. The first-order valence-corrected chi connectivity index (χ1v) is 6.81. The lowest BCUT2D eigenvalue weighted by Gasteiger charge is -2.06. The summed E-state index contributed by atoms with van der Waals surface area (Å²) in [5.41, 5.74) is 10.6. The molecule has 0 spiro atoms. The molecule has 0 aliphatic heterocycles. The van der Waals surface area contributed by atoms with Crippen molar-refractivity contribution in [1.29, 1.82) is 0 Å². The largest absolute Gasteiger partial charge is 0.218 e. The normalized spacial score (nSPS) is 10.2. The summed E-state index contributed by atoms with van der Waals surface area (Å²) in [7, 11) is -3.53. The number of hydrogen-bond acceptors (Lipinski definition) is 3. The lowest BCUT2D eigenvalue weighted by atomic mass is 10.3. The molecular weight excluding hydrogens is 250 g/mol. The van der Waals surface area contributed by atoms with Gasteiger partial charge in [-0.15, -0.1) is 5.73 Å². The maximum atomic E-state index is 12.2. The molecule has 0 heterocycles. The van der Waals surface area contributed by atoms with Crippen LogP contribution in [0.1, 0.15) is 12.8 Å². The van der Waals surface area contributed by atoms with Gasteiger partial charge in [-0.05, 0) is 30.5 Å². The third-order valence-corrected chi connectivity index (χ3v) is 4.19. The molecule has 1 aromatic carbocycles.